The maximum Gasteiger partial charge on any atom is 0.220 e. The average molecular weight is 320 g/mol. The summed E-state index contributed by atoms with van der Waals surface area (Å²) >= 11 is 0. The van der Waals surface area contributed by atoms with E-state index in [2.05, 4.69) is 29.4 Å². The topological polar surface area (TPSA) is 56.7 Å². The molecular weight excluding hydrogens is 288 g/mol. The SMILES string of the molecule is CCNC(=NCC1(C)CCCC1)N1CCCC2(CNC(=O)C2)C1. The van der Waals surface area contributed by atoms with E-state index in [0.717, 1.165) is 51.5 Å². The van der Waals surface area contributed by atoms with E-state index in [1.54, 1.807) is 0 Å². The molecule has 2 heterocycles. The van der Waals surface area contributed by atoms with Gasteiger partial charge < -0.3 is 15.5 Å². The zero-order chi connectivity index (χ0) is 16.3. The molecular formula is C18H32N4O. The molecule has 1 amide bonds. The van der Waals surface area contributed by atoms with Crippen LogP contribution in [-0.2, 0) is 4.79 Å². The lowest BCUT2D eigenvalue weighted by atomic mass is 9.79. The molecule has 5 nitrogen and oxygen atoms in total. The second-order valence-corrected chi connectivity index (χ2v) is 8.17. The molecule has 1 unspecified atom stereocenters. The van der Waals surface area contributed by atoms with Crippen LogP contribution in [0.2, 0.25) is 0 Å². The van der Waals surface area contributed by atoms with Crippen molar-refractivity contribution < 1.29 is 4.79 Å². The second-order valence-electron chi connectivity index (χ2n) is 8.17. The summed E-state index contributed by atoms with van der Waals surface area (Å²) < 4.78 is 0. The summed E-state index contributed by atoms with van der Waals surface area (Å²) in [5, 5.41) is 6.51. The van der Waals surface area contributed by atoms with Crippen molar-refractivity contribution in [2.75, 3.05) is 32.7 Å². The van der Waals surface area contributed by atoms with E-state index in [1.165, 1.54) is 25.7 Å². The summed E-state index contributed by atoms with van der Waals surface area (Å²) in [5.41, 5.74) is 0.516. The highest BCUT2D eigenvalue weighted by molar-refractivity contribution is 5.81. The molecule has 3 fully saturated rings. The van der Waals surface area contributed by atoms with Crippen LogP contribution >= 0.6 is 0 Å². The first kappa shape index (κ1) is 16.6. The average Bonchev–Trinajstić information content (AvgIpc) is 3.11. The second kappa shape index (κ2) is 6.70. The quantitative estimate of drug-likeness (QED) is 0.619. The highest BCUT2D eigenvalue weighted by Gasteiger charge is 2.42. The van der Waals surface area contributed by atoms with Gasteiger partial charge in [-0.2, -0.15) is 0 Å². The predicted octanol–water partition coefficient (Wildman–Crippen LogP) is 2.13. The first-order valence-corrected chi connectivity index (χ1v) is 9.34. The van der Waals surface area contributed by atoms with E-state index in [9.17, 15) is 4.79 Å². The molecule has 5 heteroatoms. The van der Waals surface area contributed by atoms with Crippen LogP contribution in [0.15, 0.2) is 4.99 Å². The molecule has 1 saturated carbocycles. The third-order valence-corrected chi connectivity index (χ3v) is 5.91. The number of nitrogens with one attached hydrogen (secondary N) is 2. The van der Waals surface area contributed by atoms with Gasteiger partial charge in [0.25, 0.3) is 0 Å². The summed E-state index contributed by atoms with van der Waals surface area (Å²) in [6, 6.07) is 0. The molecule has 0 aromatic carbocycles. The van der Waals surface area contributed by atoms with Gasteiger partial charge in [0.05, 0.1) is 0 Å². The summed E-state index contributed by atoms with van der Waals surface area (Å²) in [7, 11) is 0. The van der Waals surface area contributed by atoms with Gasteiger partial charge >= 0.3 is 0 Å². The highest BCUT2D eigenvalue weighted by Crippen LogP contribution is 2.38. The monoisotopic (exact) mass is 320 g/mol. The fraction of sp³-hybridized carbons (Fsp3) is 0.889. The lowest BCUT2D eigenvalue weighted by molar-refractivity contribution is -0.119. The molecule has 1 aliphatic carbocycles. The van der Waals surface area contributed by atoms with Gasteiger partial charge in [0, 0.05) is 44.6 Å². The van der Waals surface area contributed by atoms with Gasteiger partial charge in [0.15, 0.2) is 5.96 Å². The fourth-order valence-electron chi connectivity index (χ4n) is 4.51. The molecule has 3 rings (SSSR count). The largest absolute Gasteiger partial charge is 0.357 e. The highest BCUT2D eigenvalue weighted by atomic mass is 16.1. The van der Waals surface area contributed by atoms with Gasteiger partial charge in [0.2, 0.25) is 5.91 Å². The third kappa shape index (κ3) is 3.81. The first-order chi connectivity index (χ1) is 11.0. The van der Waals surface area contributed by atoms with Gasteiger partial charge in [-0.3, -0.25) is 9.79 Å². The fourth-order valence-corrected chi connectivity index (χ4v) is 4.51. The number of nitrogens with zero attached hydrogens (tertiary/aromatic N) is 2. The first-order valence-electron chi connectivity index (χ1n) is 9.34. The number of hydrogen-bond donors (Lipinski definition) is 2. The maximum absolute atomic E-state index is 11.7. The Balaban J connectivity index is 1.68. The van der Waals surface area contributed by atoms with E-state index in [1.807, 2.05) is 0 Å². The molecule has 0 aromatic heterocycles. The number of hydrogen-bond acceptors (Lipinski definition) is 2. The van der Waals surface area contributed by atoms with Crippen molar-refractivity contribution in [1.29, 1.82) is 0 Å². The van der Waals surface area contributed by atoms with Crippen molar-refractivity contribution in [1.82, 2.24) is 15.5 Å². The standard InChI is InChI=1S/C18H32N4O/c1-3-19-16(21-12-17(2)7-4-5-8-17)22-10-6-9-18(14-22)11-15(23)20-13-18/h3-14H2,1-2H3,(H,19,21)(H,20,23). The van der Waals surface area contributed by atoms with Crippen LogP contribution in [-0.4, -0.2) is 49.5 Å². The van der Waals surface area contributed by atoms with Crippen LogP contribution in [0, 0.1) is 10.8 Å². The lowest BCUT2D eigenvalue weighted by Crippen LogP contribution is -2.51. The van der Waals surface area contributed by atoms with Crippen molar-refractivity contribution in [3.8, 4) is 0 Å². The van der Waals surface area contributed by atoms with E-state index in [4.69, 9.17) is 4.99 Å². The number of amides is 1. The van der Waals surface area contributed by atoms with Crippen molar-refractivity contribution in [2.24, 2.45) is 15.8 Å². The summed E-state index contributed by atoms with van der Waals surface area (Å²) in [6.07, 6.45) is 8.29. The van der Waals surface area contributed by atoms with Gasteiger partial charge in [-0.15, -0.1) is 0 Å². The molecule has 0 aromatic rings. The summed E-state index contributed by atoms with van der Waals surface area (Å²) in [5.74, 6) is 1.27. The Bertz CT molecular complexity index is 470. The Morgan fingerprint density at radius 2 is 2.09 bits per heavy atom. The molecule has 2 aliphatic heterocycles. The van der Waals surface area contributed by atoms with Crippen molar-refractivity contribution in [3.05, 3.63) is 0 Å². The minimum atomic E-state index is 0.128. The molecule has 2 saturated heterocycles. The number of carbonyl (C=O) groups excluding carboxylic acids is 1. The number of piperidine rings is 1. The summed E-state index contributed by atoms with van der Waals surface area (Å²) in [4.78, 5) is 19.1. The minimum Gasteiger partial charge on any atom is -0.357 e. The molecule has 23 heavy (non-hydrogen) atoms. The van der Waals surface area contributed by atoms with Crippen LogP contribution in [0.5, 0.6) is 0 Å². The van der Waals surface area contributed by atoms with E-state index in [-0.39, 0.29) is 11.3 Å². The zero-order valence-electron chi connectivity index (χ0n) is 14.8. The third-order valence-electron chi connectivity index (χ3n) is 5.91. The number of aliphatic imine (C=N–C) groups is 1. The molecule has 2 N–H and O–H groups in total. The smallest absolute Gasteiger partial charge is 0.220 e. The molecule has 1 atom stereocenters. The lowest BCUT2D eigenvalue weighted by Gasteiger charge is -2.41. The number of carbonyl (C=O) groups is 1. The molecule has 130 valence electrons. The van der Waals surface area contributed by atoms with Crippen LogP contribution in [0.25, 0.3) is 0 Å². The Kier molecular flexibility index (Phi) is 4.83. The minimum absolute atomic E-state index is 0.128. The van der Waals surface area contributed by atoms with Crippen molar-refractivity contribution >= 4 is 11.9 Å². The Morgan fingerprint density at radius 1 is 1.30 bits per heavy atom. The number of likely N-dealkylation sites (tertiary alicyclic amines) is 1. The van der Waals surface area contributed by atoms with Crippen molar-refractivity contribution in [3.63, 3.8) is 0 Å². The van der Waals surface area contributed by atoms with Gasteiger partial charge in [-0.25, -0.2) is 0 Å². The van der Waals surface area contributed by atoms with Crippen LogP contribution in [0.3, 0.4) is 0 Å². The number of guanidine groups is 1. The Hall–Kier alpha value is -1.26. The van der Waals surface area contributed by atoms with E-state index in [0.29, 0.717) is 11.8 Å². The van der Waals surface area contributed by atoms with E-state index >= 15 is 0 Å². The Labute approximate surface area is 140 Å². The van der Waals surface area contributed by atoms with Gasteiger partial charge in [-0.1, -0.05) is 19.8 Å². The Morgan fingerprint density at radius 3 is 2.74 bits per heavy atom. The predicted molar refractivity (Wildman–Crippen MR) is 93.4 cm³/mol. The van der Waals surface area contributed by atoms with Crippen LogP contribution in [0.4, 0.5) is 0 Å². The molecule has 3 aliphatic rings. The van der Waals surface area contributed by atoms with Crippen molar-refractivity contribution in [2.45, 2.75) is 58.8 Å². The summed E-state index contributed by atoms with van der Waals surface area (Å²) in [6.45, 7) is 9.18. The normalized spacial score (nSPS) is 30.8. The number of rotatable bonds is 3. The molecule has 0 bridgehead atoms. The van der Waals surface area contributed by atoms with Gasteiger partial charge in [0.1, 0.15) is 0 Å². The molecule has 1 spiro atoms. The van der Waals surface area contributed by atoms with E-state index < -0.39 is 0 Å². The van der Waals surface area contributed by atoms with Gasteiger partial charge in [-0.05, 0) is 38.0 Å². The molecule has 0 radical (unpaired) electrons. The maximum atomic E-state index is 11.7. The zero-order valence-corrected chi connectivity index (χ0v) is 14.8. The van der Waals surface area contributed by atoms with Crippen LogP contribution < -0.4 is 10.6 Å². The van der Waals surface area contributed by atoms with Crippen LogP contribution in [0.1, 0.15) is 58.8 Å².